The topological polar surface area (TPSA) is 99.4 Å². The Hall–Kier alpha value is -1.80. The summed E-state index contributed by atoms with van der Waals surface area (Å²) in [7, 11) is 0. The van der Waals surface area contributed by atoms with E-state index < -0.39 is 30.2 Å². The van der Waals surface area contributed by atoms with Crippen LogP contribution >= 0.6 is 0 Å². The van der Waals surface area contributed by atoms with Crippen LogP contribution in [0.3, 0.4) is 0 Å². The Morgan fingerprint density at radius 3 is 1.33 bits per heavy atom. The van der Waals surface area contributed by atoms with E-state index in [0.29, 0.717) is 11.1 Å². The molecule has 0 saturated carbocycles. The third kappa shape index (κ3) is 4.87. The summed E-state index contributed by atoms with van der Waals surface area (Å²) >= 11 is 0. The second-order valence-electron chi connectivity index (χ2n) is 11.1. The molecule has 1 heterocycles. The zero-order valence-corrected chi connectivity index (χ0v) is 20.5. The van der Waals surface area contributed by atoms with Gasteiger partial charge in [0.25, 0.3) is 0 Å². The highest BCUT2D eigenvalue weighted by Crippen LogP contribution is 2.44. The van der Waals surface area contributed by atoms with Crippen molar-refractivity contribution in [3.8, 4) is 0 Å². The molecular formula is C27H38O6. The number of aliphatic hydroxyl groups is 4. The predicted octanol–water partition coefficient (Wildman–Crippen LogP) is 2.97. The molecule has 1 fully saturated rings. The third-order valence-electron chi connectivity index (χ3n) is 6.47. The molecule has 0 aromatic heterocycles. The molecule has 0 aliphatic carbocycles. The first-order valence-electron chi connectivity index (χ1n) is 11.4. The first kappa shape index (κ1) is 25.8. The van der Waals surface area contributed by atoms with Gasteiger partial charge >= 0.3 is 0 Å². The Balaban J connectivity index is 2.17. The minimum atomic E-state index is -2.24. The van der Waals surface area contributed by atoms with E-state index in [1.807, 2.05) is 24.3 Å². The molecule has 6 nitrogen and oxygen atoms in total. The first-order chi connectivity index (χ1) is 15.2. The van der Waals surface area contributed by atoms with Gasteiger partial charge in [-0.25, -0.2) is 0 Å². The number of rotatable bonds is 5. The van der Waals surface area contributed by atoms with Crippen LogP contribution in [0.15, 0.2) is 48.5 Å². The highest BCUT2D eigenvalue weighted by Gasteiger charge is 2.58. The number of hydrogen-bond acceptors (Lipinski definition) is 6. The SMILES string of the molecule is CC(C)(C)c1ccc(C(O)(c2ccc(C(C)(C)C)cc2)C(O)(CO)C2OCC(O)CO2)cc1. The van der Waals surface area contributed by atoms with Crippen molar-refractivity contribution in [2.75, 3.05) is 19.8 Å². The van der Waals surface area contributed by atoms with Crippen molar-refractivity contribution < 1.29 is 29.9 Å². The lowest BCUT2D eigenvalue weighted by Crippen LogP contribution is -2.65. The van der Waals surface area contributed by atoms with Crippen LogP contribution < -0.4 is 0 Å². The standard InChI is InChI=1S/C27H38O6/c1-24(2,3)18-7-11-20(12-8-18)27(31,21-13-9-19(10-14-21)25(4,5)6)26(30,17-28)23-32-15-22(29)16-33-23/h7-14,22-23,28-31H,15-17H2,1-6H3. The lowest BCUT2D eigenvalue weighted by molar-refractivity contribution is -0.326. The molecular weight excluding hydrogens is 420 g/mol. The van der Waals surface area contributed by atoms with E-state index in [4.69, 9.17) is 9.47 Å². The van der Waals surface area contributed by atoms with E-state index in [1.54, 1.807) is 24.3 Å². The Bertz CT molecular complexity index is 858. The molecule has 0 radical (unpaired) electrons. The number of benzene rings is 2. The van der Waals surface area contributed by atoms with Gasteiger partial charge in [0.05, 0.1) is 19.8 Å². The highest BCUT2D eigenvalue weighted by atomic mass is 16.7. The molecule has 182 valence electrons. The quantitative estimate of drug-likeness (QED) is 0.550. The van der Waals surface area contributed by atoms with E-state index in [2.05, 4.69) is 41.5 Å². The molecule has 4 N–H and O–H groups in total. The van der Waals surface area contributed by atoms with Crippen LogP contribution in [-0.2, 0) is 25.9 Å². The van der Waals surface area contributed by atoms with Gasteiger partial charge in [-0.2, -0.15) is 0 Å². The average Bonchev–Trinajstić information content (AvgIpc) is 2.77. The van der Waals surface area contributed by atoms with Gasteiger partial charge in [0.1, 0.15) is 6.10 Å². The maximum Gasteiger partial charge on any atom is 0.192 e. The van der Waals surface area contributed by atoms with E-state index in [-0.39, 0.29) is 24.0 Å². The Morgan fingerprint density at radius 2 is 1.03 bits per heavy atom. The van der Waals surface area contributed by atoms with Crippen LogP contribution in [0.4, 0.5) is 0 Å². The smallest absolute Gasteiger partial charge is 0.192 e. The molecule has 0 spiro atoms. The van der Waals surface area contributed by atoms with Crippen molar-refractivity contribution in [3.05, 3.63) is 70.8 Å². The van der Waals surface area contributed by atoms with Crippen LogP contribution in [0.2, 0.25) is 0 Å². The van der Waals surface area contributed by atoms with E-state index in [9.17, 15) is 20.4 Å². The summed E-state index contributed by atoms with van der Waals surface area (Å²) < 4.78 is 11.1. The Kier molecular flexibility index (Phi) is 7.12. The van der Waals surface area contributed by atoms with Gasteiger partial charge in [-0.15, -0.1) is 0 Å². The first-order valence-corrected chi connectivity index (χ1v) is 11.4. The Morgan fingerprint density at radius 1 is 0.697 bits per heavy atom. The molecule has 0 bridgehead atoms. The summed E-state index contributed by atoms with van der Waals surface area (Å²) in [6, 6.07) is 14.7. The normalized spacial score (nSPS) is 22.1. The van der Waals surface area contributed by atoms with Gasteiger partial charge in [-0.05, 0) is 33.1 Å². The maximum absolute atomic E-state index is 12.2. The summed E-state index contributed by atoms with van der Waals surface area (Å²) in [5, 5.41) is 44.2. The maximum atomic E-state index is 12.2. The lowest BCUT2D eigenvalue weighted by Gasteiger charge is -2.48. The van der Waals surface area contributed by atoms with Gasteiger partial charge < -0.3 is 29.9 Å². The Labute approximate surface area is 196 Å². The predicted molar refractivity (Wildman–Crippen MR) is 127 cm³/mol. The van der Waals surface area contributed by atoms with Crippen LogP contribution in [-0.4, -0.2) is 58.2 Å². The molecule has 0 amide bonds. The summed E-state index contributed by atoms with van der Waals surface area (Å²) in [5.41, 5.74) is -1.55. The van der Waals surface area contributed by atoms with Gasteiger partial charge in [0, 0.05) is 0 Å². The molecule has 2 aromatic carbocycles. The van der Waals surface area contributed by atoms with Crippen LogP contribution in [0.5, 0.6) is 0 Å². The van der Waals surface area contributed by atoms with Crippen LogP contribution in [0.25, 0.3) is 0 Å². The van der Waals surface area contributed by atoms with Crippen molar-refractivity contribution in [2.45, 2.75) is 76.0 Å². The molecule has 3 rings (SSSR count). The number of aliphatic hydroxyl groups excluding tert-OH is 2. The molecule has 6 heteroatoms. The molecule has 2 aromatic rings. The minimum absolute atomic E-state index is 0.0744. The zero-order valence-electron chi connectivity index (χ0n) is 20.5. The van der Waals surface area contributed by atoms with Crippen LogP contribution in [0, 0.1) is 0 Å². The number of ether oxygens (including phenoxy) is 2. The second kappa shape index (κ2) is 9.10. The largest absolute Gasteiger partial charge is 0.393 e. The average molecular weight is 459 g/mol. The molecule has 1 atom stereocenters. The van der Waals surface area contributed by atoms with Crippen molar-refractivity contribution in [2.24, 2.45) is 0 Å². The molecule has 1 aliphatic heterocycles. The fourth-order valence-corrected chi connectivity index (χ4v) is 4.22. The van der Waals surface area contributed by atoms with Gasteiger partial charge in [0.15, 0.2) is 17.5 Å². The molecule has 1 aliphatic rings. The van der Waals surface area contributed by atoms with Gasteiger partial charge in [0.2, 0.25) is 0 Å². The number of hydrogen-bond donors (Lipinski definition) is 4. The molecule has 33 heavy (non-hydrogen) atoms. The summed E-state index contributed by atoms with van der Waals surface area (Å²) in [4.78, 5) is 0. The van der Waals surface area contributed by atoms with Crippen molar-refractivity contribution in [1.29, 1.82) is 0 Å². The van der Waals surface area contributed by atoms with Gasteiger partial charge in [-0.3, -0.25) is 0 Å². The summed E-state index contributed by atoms with van der Waals surface area (Å²) in [5.74, 6) is 0. The monoisotopic (exact) mass is 458 g/mol. The molecule has 1 unspecified atom stereocenters. The minimum Gasteiger partial charge on any atom is -0.393 e. The fraction of sp³-hybridized carbons (Fsp3) is 0.556. The van der Waals surface area contributed by atoms with E-state index in [0.717, 1.165) is 11.1 Å². The van der Waals surface area contributed by atoms with Crippen molar-refractivity contribution in [1.82, 2.24) is 0 Å². The van der Waals surface area contributed by atoms with Crippen molar-refractivity contribution >= 4 is 0 Å². The second-order valence-corrected chi connectivity index (χ2v) is 11.1. The van der Waals surface area contributed by atoms with Crippen LogP contribution in [0.1, 0.15) is 63.8 Å². The summed E-state index contributed by atoms with van der Waals surface area (Å²) in [6.45, 7) is 11.6. The lowest BCUT2D eigenvalue weighted by atomic mass is 9.71. The summed E-state index contributed by atoms with van der Waals surface area (Å²) in [6.07, 6.45) is -2.19. The third-order valence-corrected chi connectivity index (χ3v) is 6.47. The fourth-order valence-electron chi connectivity index (χ4n) is 4.22. The van der Waals surface area contributed by atoms with Crippen molar-refractivity contribution in [3.63, 3.8) is 0 Å². The van der Waals surface area contributed by atoms with E-state index >= 15 is 0 Å². The highest BCUT2D eigenvalue weighted by molar-refractivity contribution is 5.44. The van der Waals surface area contributed by atoms with E-state index in [1.165, 1.54) is 0 Å². The zero-order chi connectivity index (χ0) is 24.7. The molecule has 1 saturated heterocycles. The van der Waals surface area contributed by atoms with Gasteiger partial charge in [-0.1, -0.05) is 90.1 Å².